The van der Waals surface area contributed by atoms with Crippen LogP contribution in [0.15, 0.2) is 36.4 Å². The molecule has 100 valence electrons. The van der Waals surface area contributed by atoms with E-state index in [1.165, 1.54) is 18.2 Å². The Balaban J connectivity index is 2.95. The third-order valence-electron chi connectivity index (χ3n) is 2.33. The van der Waals surface area contributed by atoms with Gasteiger partial charge in [-0.15, -0.1) is 13.2 Å². The molecule has 5 heteroatoms. The van der Waals surface area contributed by atoms with E-state index in [2.05, 4.69) is 16.6 Å². The maximum absolute atomic E-state index is 12.1. The smallest absolute Gasteiger partial charge is 0.406 e. The van der Waals surface area contributed by atoms with Crippen molar-refractivity contribution in [2.24, 2.45) is 0 Å². The van der Waals surface area contributed by atoms with E-state index < -0.39 is 6.36 Å². The Bertz CT molecular complexity index is 415. The number of nitrogens with one attached hydrogen (secondary N) is 1. The minimum absolute atomic E-state index is 0.174. The van der Waals surface area contributed by atoms with Gasteiger partial charge in [-0.1, -0.05) is 31.2 Å². The first kappa shape index (κ1) is 14.6. The first-order valence-corrected chi connectivity index (χ1v) is 5.58. The van der Waals surface area contributed by atoms with Gasteiger partial charge in [-0.25, -0.2) is 0 Å². The molecule has 0 aromatic heterocycles. The van der Waals surface area contributed by atoms with Crippen molar-refractivity contribution in [3.63, 3.8) is 0 Å². The van der Waals surface area contributed by atoms with Crippen molar-refractivity contribution in [3.8, 4) is 5.75 Å². The minimum Gasteiger partial charge on any atom is -0.406 e. The lowest BCUT2D eigenvalue weighted by Crippen LogP contribution is -2.22. The Morgan fingerprint density at radius 1 is 1.44 bits per heavy atom. The number of hydrogen-bond donors (Lipinski definition) is 1. The Morgan fingerprint density at radius 3 is 2.61 bits per heavy atom. The van der Waals surface area contributed by atoms with Crippen LogP contribution in [-0.2, 0) is 0 Å². The number of likely N-dealkylation sites (N-methyl/N-ethyl adjacent to an activating group) is 1. The summed E-state index contributed by atoms with van der Waals surface area (Å²) in [6, 6.07) is 5.75. The number of hydrogen-bond acceptors (Lipinski definition) is 2. The van der Waals surface area contributed by atoms with Crippen molar-refractivity contribution in [2.75, 3.05) is 6.54 Å². The molecule has 0 saturated carbocycles. The molecule has 0 heterocycles. The molecule has 0 spiro atoms. The molecule has 0 radical (unpaired) electrons. The molecule has 2 nitrogen and oxygen atoms in total. The molecular weight excluding hydrogens is 243 g/mol. The molecule has 1 N–H and O–H groups in total. The van der Waals surface area contributed by atoms with Gasteiger partial charge in [0.25, 0.3) is 0 Å². The van der Waals surface area contributed by atoms with Crippen molar-refractivity contribution in [3.05, 3.63) is 42.0 Å². The number of ether oxygens (including phenoxy) is 1. The van der Waals surface area contributed by atoms with E-state index in [1.807, 2.05) is 13.8 Å². The van der Waals surface area contributed by atoms with Crippen LogP contribution in [-0.4, -0.2) is 12.9 Å². The van der Waals surface area contributed by atoms with Crippen molar-refractivity contribution >= 4 is 0 Å². The molecule has 1 aromatic carbocycles. The predicted octanol–water partition coefficient (Wildman–Crippen LogP) is 3.81. The standard InChI is InChI=1S/C13H16F3NO/c1-4-17-12(9(2)3)10-6-5-7-11(8-10)18-13(14,15)16/h5-8,12,17H,2,4H2,1,3H3. The zero-order valence-electron chi connectivity index (χ0n) is 10.3. The van der Waals surface area contributed by atoms with Crippen LogP contribution in [0.5, 0.6) is 5.75 Å². The van der Waals surface area contributed by atoms with Crippen LogP contribution in [0, 0.1) is 0 Å². The van der Waals surface area contributed by atoms with Gasteiger partial charge in [-0.05, 0) is 31.2 Å². The summed E-state index contributed by atoms with van der Waals surface area (Å²) in [6.07, 6.45) is -4.67. The lowest BCUT2D eigenvalue weighted by atomic mass is 10.0. The lowest BCUT2D eigenvalue weighted by molar-refractivity contribution is -0.274. The highest BCUT2D eigenvalue weighted by molar-refractivity contribution is 5.34. The third kappa shape index (κ3) is 4.41. The lowest BCUT2D eigenvalue weighted by Gasteiger charge is -2.19. The van der Waals surface area contributed by atoms with E-state index in [4.69, 9.17) is 0 Å². The summed E-state index contributed by atoms with van der Waals surface area (Å²) in [5.41, 5.74) is 1.53. The van der Waals surface area contributed by atoms with E-state index in [1.54, 1.807) is 6.07 Å². The Morgan fingerprint density at radius 2 is 2.11 bits per heavy atom. The molecular formula is C13H16F3NO. The van der Waals surface area contributed by atoms with Gasteiger partial charge in [-0.2, -0.15) is 0 Å². The fraction of sp³-hybridized carbons (Fsp3) is 0.385. The summed E-state index contributed by atoms with van der Waals surface area (Å²) in [4.78, 5) is 0. The monoisotopic (exact) mass is 259 g/mol. The Labute approximate surface area is 104 Å². The number of rotatable bonds is 5. The molecule has 0 bridgehead atoms. The third-order valence-corrected chi connectivity index (χ3v) is 2.33. The van der Waals surface area contributed by atoms with Crippen LogP contribution in [0.2, 0.25) is 0 Å². The van der Waals surface area contributed by atoms with Gasteiger partial charge in [0.1, 0.15) is 5.75 Å². The van der Waals surface area contributed by atoms with Crippen LogP contribution in [0.25, 0.3) is 0 Å². The van der Waals surface area contributed by atoms with E-state index in [-0.39, 0.29) is 11.8 Å². The molecule has 1 unspecified atom stereocenters. The second kappa shape index (κ2) is 5.91. The SMILES string of the molecule is C=C(C)C(NCC)c1cccc(OC(F)(F)F)c1. The molecule has 1 aromatic rings. The van der Waals surface area contributed by atoms with E-state index in [9.17, 15) is 13.2 Å². The summed E-state index contributed by atoms with van der Waals surface area (Å²) in [5, 5.41) is 3.15. The predicted molar refractivity (Wildman–Crippen MR) is 64.4 cm³/mol. The normalized spacial score (nSPS) is 13.2. The summed E-state index contributed by atoms with van der Waals surface area (Å²) in [6.45, 7) is 8.27. The summed E-state index contributed by atoms with van der Waals surface area (Å²) < 4.78 is 40.3. The summed E-state index contributed by atoms with van der Waals surface area (Å²) >= 11 is 0. The maximum atomic E-state index is 12.1. The molecule has 0 aliphatic heterocycles. The van der Waals surface area contributed by atoms with Gasteiger partial charge in [0.15, 0.2) is 0 Å². The highest BCUT2D eigenvalue weighted by Gasteiger charge is 2.31. The fourth-order valence-corrected chi connectivity index (χ4v) is 1.67. The molecule has 1 rings (SSSR count). The number of alkyl halides is 3. The van der Waals surface area contributed by atoms with E-state index in [0.29, 0.717) is 12.1 Å². The first-order valence-electron chi connectivity index (χ1n) is 5.58. The van der Waals surface area contributed by atoms with E-state index in [0.717, 1.165) is 5.57 Å². The van der Waals surface area contributed by atoms with Crippen LogP contribution in [0.1, 0.15) is 25.5 Å². The summed E-state index contributed by atoms with van der Waals surface area (Å²) in [5.74, 6) is -0.218. The van der Waals surface area contributed by atoms with Crippen molar-refractivity contribution in [2.45, 2.75) is 26.3 Å². The largest absolute Gasteiger partial charge is 0.573 e. The summed E-state index contributed by atoms with van der Waals surface area (Å²) in [7, 11) is 0. The highest BCUT2D eigenvalue weighted by Crippen LogP contribution is 2.27. The molecule has 0 amide bonds. The second-order valence-corrected chi connectivity index (χ2v) is 3.96. The van der Waals surface area contributed by atoms with Crippen LogP contribution >= 0.6 is 0 Å². The molecule has 0 aliphatic rings. The highest BCUT2D eigenvalue weighted by atomic mass is 19.4. The van der Waals surface area contributed by atoms with Gasteiger partial charge in [0, 0.05) is 0 Å². The van der Waals surface area contributed by atoms with Gasteiger partial charge < -0.3 is 10.1 Å². The zero-order valence-corrected chi connectivity index (χ0v) is 10.3. The van der Waals surface area contributed by atoms with Gasteiger partial charge in [0.2, 0.25) is 0 Å². The Kier molecular flexibility index (Phi) is 4.78. The topological polar surface area (TPSA) is 21.3 Å². The molecule has 0 fully saturated rings. The molecule has 0 saturated heterocycles. The molecule has 0 aliphatic carbocycles. The van der Waals surface area contributed by atoms with Crippen LogP contribution in [0.3, 0.4) is 0 Å². The van der Waals surface area contributed by atoms with E-state index >= 15 is 0 Å². The number of halogens is 3. The maximum Gasteiger partial charge on any atom is 0.573 e. The quantitative estimate of drug-likeness (QED) is 0.812. The van der Waals surface area contributed by atoms with Crippen molar-refractivity contribution < 1.29 is 17.9 Å². The van der Waals surface area contributed by atoms with Gasteiger partial charge >= 0.3 is 6.36 Å². The fourth-order valence-electron chi connectivity index (χ4n) is 1.67. The zero-order chi connectivity index (χ0) is 13.8. The average molecular weight is 259 g/mol. The van der Waals surface area contributed by atoms with Crippen LogP contribution in [0.4, 0.5) is 13.2 Å². The van der Waals surface area contributed by atoms with Gasteiger partial charge in [-0.3, -0.25) is 0 Å². The van der Waals surface area contributed by atoms with Crippen LogP contribution < -0.4 is 10.1 Å². The van der Waals surface area contributed by atoms with Crippen molar-refractivity contribution in [1.29, 1.82) is 0 Å². The number of benzene rings is 1. The second-order valence-electron chi connectivity index (χ2n) is 3.96. The molecule has 18 heavy (non-hydrogen) atoms. The Hall–Kier alpha value is -1.49. The van der Waals surface area contributed by atoms with Gasteiger partial charge in [0.05, 0.1) is 6.04 Å². The minimum atomic E-state index is -4.67. The average Bonchev–Trinajstić information content (AvgIpc) is 2.23. The first-order chi connectivity index (χ1) is 8.33. The van der Waals surface area contributed by atoms with Crippen molar-refractivity contribution in [1.82, 2.24) is 5.32 Å². The molecule has 1 atom stereocenters.